The fourth-order valence-corrected chi connectivity index (χ4v) is 4.01. The molecule has 0 spiro atoms. The molecule has 5 rings (SSSR count). The maximum Gasteiger partial charge on any atom is 0.409 e. The lowest BCUT2D eigenvalue weighted by molar-refractivity contribution is 0.211. The van der Waals surface area contributed by atoms with E-state index < -0.39 is 6.09 Å². The molecule has 34 heavy (non-hydrogen) atoms. The van der Waals surface area contributed by atoms with Crippen molar-refractivity contribution in [1.29, 1.82) is 0 Å². The van der Waals surface area contributed by atoms with Crippen LogP contribution in [0.5, 0.6) is 5.75 Å². The van der Waals surface area contributed by atoms with Gasteiger partial charge in [0, 0.05) is 19.0 Å². The van der Waals surface area contributed by atoms with Crippen molar-refractivity contribution in [2.45, 2.75) is 12.8 Å². The van der Waals surface area contributed by atoms with Gasteiger partial charge in [-0.15, -0.1) is 0 Å². The molecule has 2 heterocycles. The van der Waals surface area contributed by atoms with E-state index in [9.17, 15) is 9.59 Å². The van der Waals surface area contributed by atoms with E-state index in [1.165, 1.54) is 0 Å². The molecule has 0 atom stereocenters. The van der Waals surface area contributed by atoms with E-state index in [4.69, 9.17) is 15.5 Å². The number of H-pyrrole nitrogens is 1. The first-order valence-corrected chi connectivity index (χ1v) is 10.9. The number of nitrogens with one attached hydrogen (secondary N) is 1. The Morgan fingerprint density at radius 1 is 0.912 bits per heavy atom. The van der Waals surface area contributed by atoms with Gasteiger partial charge in [-0.25, -0.2) is 9.78 Å². The third-order valence-electron chi connectivity index (χ3n) is 5.55. The van der Waals surface area contributed by atoms with Crippen molar-refractivity contribution in [3.8, 4) is 22.8 Å². The average Bonchev–Trinajstić information content (AvgIpc) is 3.15. The van der Waals surface area contributed by atoms with E-state index in [0.717, 1.165) is 28.1 Å². The second-order valence-corrected chi connectivity index (χ2v) is 7.98. The highest BCUT2D eigenvalue weighted by Crippen LogP contribution is 2.24. The Bertz CT molecular complexity index is 1470. The molecule has 168 valence electrons. The van der Waals surface area contributed by atoms with Crippen molar-refractivity contribution in [2.24, 2.45) is 5.73 Å². The van der Waals surface area contributed by atoms with Gasteiger partial charge in [-0.2, -0.15) is 0 Å². The van der Waals surface area contributed by atoms with E-state index >= 15 is 0 Å². The third kappa shape index (κ3) is 4.45. The summed E-state index contributed by atoms with van der Waals surface area (Å²) in [6.45, 7) is 0. The number of hydrogen-bond acceptors (Lipinski definition) is 4. The van der Waals surface area contributed by atoms with Crippen LogP contribution in [0.2, 0.25) is 0 Å². The van der Waals surface area contributed by atoms with E-state index in [2.05, 4.69) is 4.98 Å². The Morgan fingerprint density at radius 2 is 1.62 bits per heavy atom. The summed E-state index contributed by atoms with van der Waals surface area (Å²) in [5, 5.41) is 0. The summed E-state index contributed by atoms with van der Waals surface area (Å²) in [6, 6.07) is 26.8. The van der Waals surface area contributed by atoms with E-state index in [1.54, 1.807) is 29.0 Å². The summed E-state index contributed by atoms with van der Waals surface area (Å²) in [5.74, 6) is 0.916. The van der Waals surface area contributed by atoms with Gasteiger partial charge in [0.05, 0.1) is 11.4 Å². The average molecular weight is 450 g/mol. The lowest BCUT2D eigenvalue weighted by Gasteiger charge is -2.13. The van der Waals surface area contributed by atoms with Gasteiger partial charge in [-0.1, -0.05) is 72.8 Å². The van der Waals surface area contributed by atoms with E-state index in [-0.39, 0.29) is 5.56 Å². The number of aromatic nitrogens is 3. The first-order chi connectivity index (χ1) is 16.6. The topological polar surface area (TPSA) is 103 Å². The predicted molar refractivity (Wildman–Crippen MR) is 130 cm³/mol. The molecule has 0 aliphatic carbocycles. The van der Waals surface area contributed by atoms with Crippen molar-refractivity contribution in [2.75, 3.05) is 0 Å². The zero-order valence-corrected chi connectivity index (χ0v) is 18.3. The molecular weight excluding hydrogens is 428 g/mol. The molecule has 0 saturated heterocycles. The molecule has 1 amide bonds. The Labute approximate surface area is 195 Å². The smallest absolute Gasteiger partial charge is 0.409 e. The van der Waals surface area contributed by atoms with Crippen LogP contribution in [-0.2, 0) is 12.8 Å². The Balaban J connectivity index is 1.59. The van der Waals surface area contributed by atoms with Crippen LogP contribution >= 0.6 is 0 Å². The molecule has 0 fully saturated rings. The van der Waals surface area contributed by atoms with Crippen molar-refractivity contribution in [1.82, 2.24) is 14.5 Å². The fourth-order valence-electron chi connectivity index (χ4n) is 4.01. The summed E-state index contributed by atoms with van der Waals surface area (Å²) < 4.78 is 6.57. The van der Waals surface area contributed by atoms with Crippen LogP contribution in [-0.4, -0.2) is 20.6 Å². The predicted octanol–water partition coefficient (Wildman–Crippen LogP) is 4.30. The van der Waals surface area contributed by atoms with Crippen molar-refractivity contribution < 1.29 is 9.53 Å². The second-order valence-electron chi connectivity index (χ2n) is 7.98. The lowest BCUT2D eigenvalue weighted by atomic mass is 10.1. The maximum absolute atomic E-state index is 13.4. The van der Waals surface area contributed by atoms with E-state index in [0.29, 0.717) is 30.1 Å². The third-order valence-corrected chi connectivity index (χ3v) is 5.55. The van der Waals surface area contributed by atoms with Crippen molar-refractivity contribution in [3.63, 3.8) is 0 Å². The maximum atomic E-state index is 13.4. The van der Waals surface area contributed by atoms with Crippen molar-refractivity contribution >= 4 is 6.09 Å². The molecule has 7 nitrogen and oxygen atoms in total. The number of aromatic amines is 1. The number of fused-ring (bicyclic) bond motifs is 1. The number of benzene rings is 3. The molecule has 3 aromatic rings. The largest absolute Gasteiger partial charge is 0.410 e. The molecule has 0 bridgehead atoms. The first-order valence-electron chi connectivity index (χ1n) is 10.9. The van der Waals surface area contributed by atoms with Crippen LogP contribution in [0.25, 0.3) is 17.1 Å². The normalized spacial score (nSPS) is 10.9. The minimum absolute atomic E-state index is 0.184. The zero-order valence-electron chi connectivity index (χ0n) is 18.3. The molecule has 0 saturated carbocycles. The van der Waals surface area contributed by atoms with Crippen LogP contribution in [0, 0.1) is 0 Å². The summed E-state index contributed by atoms with van der Waals surface area (Å²) in [7, 11) is 0. The van der Waals surface area contributed by atoms with Gasteiger partial charge >= 0.3 is 6.09 Å². The number of hydrogen-bond donors (Lipinski definition) is 2. The second kappa shape index (κ2) is 9.07. The summed E-state index contributed by atoms with van der Waals surface area (Å²) in [6.07, 6.45) is 1.80. The molecular formula is C27H22N4O3. The van der Waals surface area contributed by atoms with Gasteiger partial charge in [-0.3, -0.25) is 9.36 Å². The highest BCUT2D eigenvalue weighted by Gasteiger charge is 2.20. The van der Waals surface area contributed by atoms with Gasteiger partial charge < -0.3 is 15.5 Å². The molecule has 3 aromatic carbocycles. The molecule has 7 heteroatoms. The molecule has 3 N–H and O–H groups in total. The number of primary amides is 1. The summed E-state index contributed by atoms with van der Waals surface area (Å²) in [5.41, 5.74) is 9.89. The monoisotopic (exact) mass is 450 g/mol. The Kier molecular flexibility index (Phi) is 5.66. The number of amides is 1. The molecule has 2 aliphatic heterocycles. The van der Waals surface area contributed by atoms with Gasteiger partial charge in [0.15, 0.2) is 5.82 Å². The minimum Gasteiger partial charge on any atom is -0.410 e. The molecule has 0 radical (unpaired) electrons. The molecule has 0 unspecified atom stereocenters. The van der Waals surface area contributed by atoms with E-state index in [1.807, 2.05) is 66.7 Å². The Morgan fingerprint density at radius 3 is 2.35 bits per heavy atom. The zero-order chi connectivity index (χ0) is 23.5. The van der Waals surface area contributed by atoms with Gasteiger partial charge in [0.2, 0.25) is 0 Å². The van der Waals surface area contributed by atoms with Crippen molar-refractivity contribution in [3.05, 3.63) is 124 Å². The van der Waals surface area contributed by atoms with Gasteiger partial charge in [0.1, 0.15) is 11.4 Å². The highest BCUT2D eigenvalue weighted by molar-refractivity contribution is 5.68. The van der Waals surface area contributed by atoms with Gasteiger partial charge in [0.25, 0.3) is 5.56 Å². The number of imidazole rings is 1. The number of nitrogens with two attached hydrogens (primary N) is 1. The molecule has 2 aliphatic rings. The highest BCUT2D eigenvalue weighted by atomic mass is 16.5. The quantitative estimate of drug-likeness (QED) is 0.402. The summed E-state index contributed by atoms with van der Waals surface area (Å²) in [4.78, 5) is 32.7. The van der Waals surface area contributed by atoms with Crippen LogP contribution in [0.15, 0.2) is 95.9 Å². The first kappa shape index (κ1) is 21.2. The standard InChI is InChI=1S/C27H22N4O3/c28-27(33)34-21-13-7-10-19(14-21)16-23-26(32)31-17-24(20-11-5-2-6-12-20)29-22(25(31)30-23)15-18-8-3-1-4-9-18/h1-14,17,29H,15-16H2,(H2,28,33). The summed E-state index contributed by atoms with van der Waals surface area (Å²) >= 11 is 0. The van der Waals surface area contributed by atoms with Crippen LogP contribution in [0.3, 0.4) is 0 Å². The van der Waals surface area contributed by atoms with Crippen LogP contribution in [0.1, 0.15) is 22.5 Å². The molecule has 0 aromatic heterocycles. The minimum atomic E-state index is -0.885. The number of rotatable bonds is 6. The lowest BCUT2D eigenvalue weighted by Crippen LogP contribution is -2.18. The SMILES string of the molecule is NC(=O)Oc1cccc(Cc2nc3c(Cc4ccccc4)[nH]c(-c4ccccc4)cn-3c2=O)c1. The number of ether oxygens (including phenoxy) is 1. The van der Waals surface area contributed by atoms with Crippen LogP contribution in [0.4, 0.5) is 4.79 Å². The Hall–Kier alpha value is -4.65. The number of carbonyl (C=O) groups excluding carboxylic acids is 1. The number of nitrogens with zero attached hydrogens (tertiary/aromatic N) is 2. The van der Waals surface area contributed by atoms with Gasteiger partial charge in [-0.05, 0) is 28.8 Å². The number of carbonyl (C=O) groups is 1. The van der Waals surface area contributed by atoms with Crippen LogP contribution < -0.4 is 16.0 Å². The fraction of sp³-hybridized carbons (Fsp3) is 0.0741.